The first-order chi connectivity index (χ1) is 6.55. The molecule has 0 amide bonds. The quantitative estimate of drug-likeness (QED) is 0.774. The molecular weight excluding hydrogens is 190 g/mol. The fourth-order valence-corrected chi connectivity index (χ4v) is 0.820. The van der Waals surface area contributed by atoms with E-state index in [1.807, 2.05) is 41.5 Å². The smallest absolute Gasteiger partial charge is 0.151 e. The van der Waals surface area contributed by atoms with Gasteiger partial charge in [-0.3, -0.25) is 9.59 Å². The average molecular weight is 213 g/mol. The van der Waals surface area contributed by atoms with E-state index in [-0.39, 0.29) is 35.5 Å². The van der Waals surface area contributed by atoms with Gasteiger partial charge in [-0.1, -0.05) is 41.5 Å². The molecule has 0 rings (SSSR count). The summed E-state index contributed by atoms with van der Waals surface area (Å²) in [6.45, 7) is 11.8. The monoisotopic (exact) mass is 213 g/mol. The predicted molar refractivity (Wildman–Crippen MR) is 61.8 cm³/mol. The van der Waals surface area contributed by atoms with Crippen LogP contribution in [0.15, 0.2) is 0 Å². The Hall–Kier alpha value is -0.700. The maximum absolute atomic E-state index is 11.5. The van der Waals surface area contributed by atoms with Crippen molar-refractivity contribution in [3.8, 4) is 0 Å². The predicted octanol–water partition coefficient (Wildman–Crippen LogP) is 1.81. The van der Waals surface area contributed by atoms with Crippen LogP contribution in [-0.4, -0.2) is 24.7 Å². The maximum atomic E-state index is 11.5. The van der Waals surface area contributed by atoms with E-state index in [1.54, 1.807) is 0 Å². The molecule has 3 heteroatoms. The van der Waals surface area contributed by atoms with Gasteiger partial charge in [-0.05, 0) is 0 Å². The van der Waals surface area contributed by atoms with Crippen LogP contribution in [0.5, 0.6) is 0 Å². The number of carbonyl (C=O) groups excluding carboxylic acids is 2. The van der Waals surface area contributed by atoms with Crippen LogP contribution in [0, 0.1) is 10.8 Å². The van der Waals surface area contributed by atoms with Crippen LogP contribution in [0.25, 0.3) is 0 Å². The highest BCUT2D eigenvalue weighted by molar-refractivity contribution is 5.88. The summed E-state index contributed by atoms with van der Waals surface area (Å²) in [4.78, 5) is 23.0. The van der Waals surface area contributed by atoms with Crippen LogP contribution in [0.1, 0.15) is 41.5 Å². The van der Waals surface area contributed by atoms with Gasteiger partial charge in [-0.25, -0.2) is 0 Å². The molecular formula is C12H23NO2. The Morgan fingerprint density at radius 2 is 1.07 bits per heavy atom. The lowest BCUT2D eigenvalue weighted by Gasteiger charge is -2.19. The summed E-state index contributed by atoms with van der Waals surface area (Å²) in [6, 6.07) is 0. The second-order valence-corrected chi connectivity index (χ2v) is 5.95. The Bertz CT molecular complexity index is 217. The summed E-state index contributed by atoms with van der Waals surface area (Å²) in [5, 5.41) is 2.90. The Morgan fingerprint density at radius 3 is 1.27 bits per heavy atom. The van der Waals surface area contributed by atoms with Gasteiger partial charge in [0, 0.05) is 10.8 Å². The van der Waals surface area contributed by atoms with E-state index in [0.29, 0.717) is 0 Å². The van der Waals surface area contributed by atoms with Crippen molar-refractivity contribution in [1.82, 2.24) is 5.32 Å². The number of nitrogens with one attached hydrogen (secondary N) is 1. The Morgan fingerprint density at radius 1 is 0.800 bits per heavy atom. The van der Waals surface area contributed by atoms with Gasteiger partial charge < -0.3 is 5.32 Å². The molecule has 0 aromatic rings. The zero-order chi connectivity index (χ0) is 12.3. The summed E-state index contributed by atoms with van der Waals surface area (Å²) in [7, 11) is 0. The van der Waals surface area contributed by atoms with Gasteiger partial charge in [0.05, 0.1) is 13.1 Å². The molecule has 0 fully saturated rings. The third-order valence-corrected chi connectivity index (χ3v) is 2.24. The number of carbonyl (C=O) groups is 2. The number of ketones is 2. The van der Waals surface area contributed by atoms with Crippen molar-refractivity contribution in [2.24, 2.45) is 10.8 Å². The summed E-state index contributed by atoms with van der Waals surface area (Å²) >= 11 is 0. The molecule has 0 bridgehead atoms. The normalized spacial score (nSPS) is 12.7. The zero-order valence-electron chi connectivity index (χ0n) is 10.7. The van der Waals surface area contributed by atoms with E-state index in [1.165, 1.54) is 0 Å². The van der Waals surface area contributed by atoms with Crippen LogP contribution < -0.4 is 5.32 Å². The Labute approximate surface area is 92.6 Å². The van der Waals surface area contributed by atoms with Crippen molar-refractivity contribution < 1.29 is 9.59 Å². The fraction of sp³-hybridized carbons (Fsp3) is 0.833. The van der Waals surface area contributed by atoms with Crippen molar-refractivity contribution >= 4 is 11.6 Å². The molecule has 0 aliphatic rings. The van der Waals surface area contributed by atoms with Gasteiger partial charge in [-0.15, -0.1) is 0 Å². The molecule has 0 saturated heterocycles. The molecule has 88 valence electrons. The lowest BCUT2D eigenvalue weighted by atomic mass is 9.89. The van der Waals surface area contributed by atoms with Gasteiger partial charge in [0.1, 0.15) is 0 Å². The number of hydrogen-bond acceptors (Lipinski definition) is 3. The minimum Gasteiger partial charge on any atom is -0.303 e. The minimum absolute atomic E-state index is 0.129. The highest BCUT2D eigenvalue weighted by Gasteiger charge is 2.23. The van der Waals surface area contributed by atoms with Crippen molar-refractivity contribution in [3.63, 3.8) is 0 Å². The molecule has 0 aliphatic heterocycles. The van der Waals surface area contributed by atoms with Gasteiger partial charge in [0.2, 0.25) is 0 Å². The van der Waals surface area contributed by atoms with Crippen LogP contribution >= 0.6 is 0 Å². The second-order valence-electron chi connectivity index (χ2n) is 5.95. The van der Waals surface area contributed by atoms with E-state index < -0.39 is 0 Å². The molecule has 0 unspecified atom stereocenters. The lowest BCUT2D eigenvalue weighted by Crippen LogP contribution is -2.37. The van der Waals surface area contributed by atoms with Crippen molar-refractivity contribution in [2.75, 3.05) is 13.1 Å². The first-order valence-corrected chi connectivity index (χ1v) is 5.32. The molecule has 0 aromatic heterocycles. The molecule has 0 atom stereocenters. The van der Waals surface area contributed by atoms with E-state index in [4.69, 9.17) is 0 Å². The minimum atomic E-state index is -0.336. The molecule has 0 saturated carbocycles. The molecule has 3 nitrogen and oxygen atoms in total. The summed E-state index contributed by atoms with van der Waals surface area (Å²) in [6.07, 6.45) is 0. The van der Waals surface area contributed by atoms with Gasteiger partial charge in [-0.2, -0.15) is 0 Å². The SMILES string of the molecule is CC(C)(C)C(=O)CNCC(=O)C(C)(C)C. The maximum Gasteiger partial charge on any atom is 0.151 e. The summed E-state index contributed by atoms with van der Waals surface area (Å²) in [5.74, 6) is 0.258. The van der Waals surface area contributed by atoms with Crippen LogP contribution in [0.2, 0.25) is 0 Å². The number of hydrogen-bond donors (Lipinski definition) is 1. The lowest BCUT2D eigenvalue weighted by molar-refractivity contribution is -0.126. The molecule has 1 N–H and O–H groups in total. The van der Waals surface area contributed by atoms with E-state index in [0.717, 1.165) is 0 Å². The average Bonchev–Trinajstić information content (AvgIpc) is 2.00. The highest BCUT2D eigenvalue weighted by atomic mass is 16.1. The van der Waals surface area contributed by atoms with Crippen LogP contribution in [0.3, 0.4) is 0 Å². The summed E-state index contributed by atoms with van der Waals surface area (Å²) < 4.78 is 0. The van der Waals surface area contributed by atoms with E-state index in [2.05, 4.69) is 5.32 Å². The fourth-order valence-electron chi connectivity index (χ4n) is 0.820. The van der Waals surface area contributed by atoms with Gasteiger partial charge in [0.15, 0.2) is 11.6 Å². The Kier molecular flexibility index (Phi) is 4.65. The first-order valence-electron chi connectivity index (χ1n) is 5.32. The molecule has 0 aliphatic carbocycles. The molecule has 0 aromatic carbocycles. The molecule has 0 radical (unpaired) electrons. The van der Waals surface area contributed by atoms with E-state index in [9.17, 15) is 9.59 Å². The van der Waals surface area contributed by atoms with Crippen molar-refractivity contribution in [3.05, 3.63) is 0 Å². The number of rotatable bonds is 4. The van der Waals surface area contributed by atoms with Gasteiger partial charge >= 0.3 is 0 Å². The third kappa shape index (κ3) is 5.67. The number of Topliss-reactive ketones (excluding diaryl/α,β-unsaturated/α-hetero) is 2. The largest absolute Gasteiger partial charge is 0.303 e. The van der Waals surface area contributed by atoms with Crippen molar-refractivity contribution in [2.45, 2.75) is 41.5 Å². The third-order valence-electron chi connectivity index (χ3n) is 2.24. The van der Waals surface area contributed by atoms with Crippen LogP contribution in [0.4, 0.5) is 0 Å². The van der Waals surface area contributed by atoms with Crippen LogP contribution in [-0.2, 0) is 9.59 Å². The molecule has 15 heavy (non-hydrogen) atoms. The summed E-state index contributed by atoms with van der Waals surface area (Å²) in [5.41, 5.74) is -0.671. The highest BCUT2D eigenvalue weighted by Crippen LogP contribution is 2.15. The standard InChI is InChI=1S/C12H23NO2/c1-11(2,3)9(14)7-13-8-10(15)12(4,5)6/h13H,7-8H2,1-6H3. The van der Waals surface area contributed by atoms with E-state index >= 15 is 0 Å². The molecule has 0 spiro atoms. The first kappa shape index (κ1) is 14.3. The second kappa shape index (κ2) is 4.88. The van der Waals surface area contributed by atoms with Crippen molar-refractivity contribution in [1.29, 1.82) is 0 Å². The molecule has 0 heterocycles. The Balaban J connectivity index is 3.92. The topological polar surface area (TPSA) is 46.2 Å². The van der Waals surface area contributed by atoms with Gasteiger partial charge in [0.25, 0.3) is 0 Å². The zero-order valence-corrected chi connectivity index (χ0v) is 10.7.